The van der Waals surface area contributed by atoms with E-state index in [1.807, 2.05) is 18.2 Å². The summed E-state index contributed by atoms with van der Waals surface area (Å²) in [5.74, 6) is 1.71. The van der Waals surface area contributed by atoms with Crippen LogP contribution in [-0.2, 0) is 4.74 Å². The normalized spacial score (nSPS) is 16.1. The van der Waals surface area contributed by atoms with Crippen molar-refractivity contribution >= 4 is 17.4 Å². The number of hydrogen-bond donors (Lipinski definition) is 2. The number of hydrogen-bond acceptors (Lipinski definition) is 8. The Kier molecular flexibility index (Phi) is 5.31. The van der Waals surface area contributed by atoms with Gasteiger partial charge in [-0.1, -0.05) is 0 Å². The number of aromatic nitrogens is 2. The third-order valence-corrected chi connectivity index (χ3v) is 4.36. The minimum atomic E-state index is -0.231. The van der Waals surface area contributed by atoms with Crippen molar-refractivity contribution < 1.29 is 19.0 Å². The van der Waals surface area contributed by atoms with Gasteiger partial charge in [0.1, 0.15) is 0 Å². The molecule has 0 saturated carbocycles. The van der Waals surface area contributed by atoms with Crippen molar-refractivity contribution in [2.24, 2.45) is 0 Å². The van der Waals surface area contributed by atoms with E-state index >= 15 is 0 Å². The van der Waals surface area contributed by atoms with Crippen LogP contribution in [0.1, 0.15) is 10.5 Å². The molecule has 9 heteroatoms. The lowest BCUT2D eigenvalue weighted by atomic mass is 10.2. The minimum Gasteiger partial charge on any atom is -0.454 e. The summed E-state index contributed by atoms with van der Waals surface area (Å²) in [5, 5.41) is 14.1. The van der Waals surface area contributed by atoms with Crippen molar-refractivity contribution in [2.45, 2.75) is 0 Å². The average molecular weight is 371 g/mol. The minimum absolute atomic E-state index is 0.230. The Morgan fingerprint density at radius 3 is 2.74 bits per heavy atom. The van der Waals surface area contributed by atoms with E-state index in [2.05, 4.69) is 25.7 Å². The highest BCUT2D eigenvalue weighted by atomic mass is 16.7. The smallest absolute Gasteiger partial charge is 0.271 e. The lowest BCUT2D eigenvalue weighted by Crippen LogP contribution is -2.41. The summed E-state index contributed by atoms with van der Waals surface area (Å²) in [6.07, 6.45) is 0. The molecule has 0 bridgehead atoms. The highest BCUT2D eigenvalue weighted by molar-refractivity contribution is 5.92. The van der Waals surface area contributed by atoms with Crippen molar-refractivity contribution in [3.63, 3.8) is 0 Å². The quantitative estimate of drug-likeness (QED) is 0.777. The van der Waals surface area contributed by atoms with E-state index in [0.717, 1.165) is 44.3 Å². The van der Waals surface area contributed by atoms with Gasteiger partial charge < -0.3 is 24.8 Å². The molecule has 2 aromatic rings. The van der Waals surface area contributed by atoms with E-state index in [1.165, 1.54) is 0 Å². The number of anilines is 2. The van der Waals surface area contributed by atoms with Gasteiger partial charge in [0.15, 0.2) is 23.0 Å². The maximum absolute atomic E-state index is 12.2. The lowest BCUT2D eigenvalue weighted by molar-refractivity contribution is 0.0383. The van der Waals surface area contributed by atoms with Crippen molar-refractivity contribution in [2.75, 3.05) is 51.5 Å². The molecule has 9 nitrogen and oxygen atoms in total. The van der Waals surface area contributed by atoms with Crippen LogP contribution in [0.25, 0.3) is 0 Å². The topological polar surface area (TPSA) is 97.8 Å². The number of amides is 1. The van der Waals surface area contributed by atoms with Gasteiger partial charge in [0.05, 0.1) is 13.2 Å². The number of benzene rings is 1. The predicted octanol–water partition coefficient (Wildman–Crippen LogP) is 1.01. The van der Waals surface area contributed by atoms with Crippen LogP contribution in [0.5, 0.6) is 11.5 Å². The van der Waals surface area contributed by atoms with Gasteiger partial charge in [0, 0.05) is 37.9 Å². The van der Waals surface area contributed by atoms with E-state index in [9.17, 15) is 4.79 Å². The monoisotopic (exact) mass is 371 g/mol. The van der Waals surface area contributed by atoms with Gasteiger partial charge in [0.2, 0.25) is 6.79 Å². The number of carbonyl (C=O) groups excluding carboxylic acids is 1. The standard InChI is InChI=1S/C18H21N5O4/c24-18(19-5-6-23-7-9-25-10-8-23)14-2-4-17(22-21-14)20-13-1-3-15-16(11-13)27-12-26-15/h1-4,11H,5-10,12H2,(H,19,24)(H,20,22). The summed E-state index contributed by atoms with van der Waals surface area (Å²) in [7, 11) is 0. The van der Waals surface area contributed by atoms with Crippen LogP contribution < -0.4 is 20.1 Å². The summed E-state index contributed by atoms with van der Waals surface area (Å²) < 4.78 is 15.9. The number of fused-ring (bicyclic) bond motifs is 1. The Bertz CT molecular complexity index is 793. The Labute approximate surface area is 156 Å². The first-order valence-corrected chi connectivity index (χ1v) is 8.87. The number of morpholine rings is 1. The van der Waals surface area contributed by atoms with Gasteiger partial charge in [-0.2, -0.15) is 0 Å². The first-order valence-electron chi connectivity index (χ1n) is 8.87. The number of rotatable bonds is 6. The van der Waals surface area contributed by atoms with Gasteiger partial charge in [-0.3, -0.25) is 9.69 Å². The van der Waals surface area contributed by atoms with Gasteiger partial charge in [0.25, 0.3) is 5.91 Å². The van der Waals surface area contributed by atoms with Crippen LogP contribution in [0.3, 0.4) is 0 Å². The Morgan fingerprint density at radius 2 is 1.93 bits per heavy atom. The molecule has 2 N–H and O–H groups in total. The van der Waals surface area contributed by atoms with Crippen LogP contribution in [0.15, 0.2) is 30.3 Å². The molecular weight excluding hydrogens is 350 g/mol. The molecule has 2 aliphatic heterocycles. The van der Waals surface area contributed by atoms with Crippen molar-refractivity contribution in [1.82, 2.24) is 20.4 Å². The summed E-state index contributed by atoms with van der Waals surface area (Å²) in [4.78, 5) is 14.4. The third kappa shape index (κ3) is 4.44. The van der Waals surface area contributed by atoms with E-state index in [1.54, 1.807) is 12.1 Å². The molecule has 0 atom stereocenters. The second-order valence-electron chi connectivity index (χ2n) is 6.21. The SMILES string of the molecule is O=C(NCCN1CCOCC1)c1ccc(Nc2ccc3c(c2)OCO3)nn1. The molecule has 1 aromatic carbocycles. The van der Waals surface area contributed by atoms with Gasteiger partial charge in [-0.25, -0.2) is 0 Å². The maximum atomic E-state index is 12.2. The number of nitrogens with zero attached hydrogens (tertiary/aromatic N) is 3. The molecule has 27 heavy (non-hydrogen) atoms. The van der Waals surface area contributed by atoms with Gasteiger partial charge in [-0.15, -0.1) is 10.2 Å². The predicted molar refractivity (Wildman–Crippen MR) is 97.5 cm³/mol. The maximum Gasteiger partial charge on any atom is 0.271 e. The summed E-state index contributed by atoms with van der Waals surface area (Å²) in [5.41, 5.74) is 1.09. The second-order valence-corrected chi connectivity index (χ2v) is 6.21. The summed E-state index contributed by atoms with van der Waals surface area (Å²) in [6.45, 7) is 4.89. The zero-order valence-corrected chi connectivity index (χ0v) is 14.8. The van der Waals surface area contributed by atoms with E-state index in [4.69, 9.17) is 14.2 Å². The Hall–Kier alpha value is -2.91. The van der Waals surface area contributed by atoms with Crippen LogP contribution in [0, 0.1) is 0 Å². The van der Waals surface area contributed by atoms with Crippen LogP contribution in [0.2, 0.25) is 0 Å². The molecule has 0 radical (unpaired) electrons. The fraction of sp³-hybridized carbons (Fsp3) is 0.389. The van der Waals surface area contributed by atoms with Crippen molar-refractivity contribution in [1.29, 1.82) is 0 Å². The number of carbonyl (C=O) groups is 1. The molecular formula is C18H21N5O4. The number of nitrogens with one attached hydrogen (secondary N) is 2. The van der Waals surface area contributed by atoms with Gasteiger partial charge in [-0.05, 0) is 24.3 Å². The van der Waals surface area contributed by atoms with E-state index in [0.29, 0.717) is 18.1 Å². The molecule has 0 spiro atoms. The van der Waals surface area contributed by atoms with E-state index < -0.39 is 0 Å². The molecule has 1 saturated heterocycles. The molecule has 0 aliphatic carbocycles. The molecule has 1 fully saturated rings. The average Bonchev–Trinajstić information content (AvgIpc) is 3.17. The third-order valence-electron chi connectivity index (χ3n) is 4.36. The Balaban J connectivity index is 1.28. The number of ether oxygens (including phenoxy) is 3. The summed E-state index contributed by atoms with van der Waals surface area (Å²) >= 11 is 0. The largest absolute Gasteiger partial charge is 0.454 e. The molecule has 0 unspecified atom stereocenters. The first-order chi connectivity index (χ1) is 13.3. The molecule has 2 aliphatic rings. The lowest BCUT2D eigenvalue weighted by Gasteiger charge is -2.26. The zero-order chi connectivity index (χ0) is 18.5. The molecule has 1 amide bonds. The van der Waals surface area contributed by atoms with Crippen LogP contribution in [-0.4, -0.2) is 67.2 Å². The van der Waals surface area contributed by atoms with Crippen molar-refractivity contribution in [3.8, 4) is 11.5 Å². The molecule has 3 heterocycles. The van der Waals surface area contributed by atoms with Gasteiger partial charge >= 0.3 is 0 Å². The highest BCUT2D eigenvalue weighted by Crippen LogP contribution is 2.34. The van der Waals surface area contributed by atoms with Crippen molar-refractivity contribution in [3.05, 3.63) is 36.0 Å². The molecule has 4 rings (SSSR count). The first kappa shape index (κ1) is 17.5. The summed E-state index contributed by atoms with van der Waals surface area (Å²) in [6, 6.07) is 8.88. The highest BCUT2D eigenvalue weighted by Gasteiger charge is 2.14. The van der Waals surface area contributed by atoms with E-state index in [-0.39, 0.29) is 18.4 Å². The fourth-order valence-corrected chi connectivity index (χ4v) is 2.89. The zero-order valence-electron chi connectivity index (χ0n) is 14.8. The van der Waals surface area contributed by atoms with Crippen LogP contribution >= 0.6 is 0 Å². The van der Waals surface area contributed by atoms with Crippen LogP contribution in [0.4, 0.5) is 11.5 Å². The Morgan fingerprint density at radius 1 is 1.07 bits per heavy atom. The second kappa shape index (κ2) is 8.19. The fourth-order valence-electron chi connectivity index (χ4n) is 2.89. The molecule has 142 valence electrons. The molecule has 1 aromatic heterocycles.